The monoisotopic (exact) mass is 127 g/mol. The van der Waals surface area contributed by atoms with Crippen molar-refractivity contribution in [1.82, 2.24) is 14.3 Å². The molecule has 0 aliphatic carbocycles. The summed E-state index contributed by atoms with van der Waals surface area (Å²) in [6.45, 7) is 0. The van der Waals surface area contributed by atoms with Crippen molar-refractivity contribution in [1.29, 1.82) is 0 Å². The molecule has 0 saturated heterocycles. The van der Waals surface area contributed by atoms with E-state index in [1.165, 1.54) is 0 Å². The second-order valence-corrected chi connectivity index (χ2v) is 1.79. The van der Waals surface area contributed by atoms with Crippen LogP contribution in [0.4, 0.5) is 0 Å². The lowest BCUT2D eigenvalue weighted by atomic mass is 11.0. The van der Waals surface area contributed by atoms with E-state index in [1.54, 1.807) is 22.6 Å². The zero-order valence-electron chi connectivity index (χ0n) is 5.44. The van der Waals surface area contributed by atoms with E-state index in [-0.39, 0.29) is 0 Å². The molecule has 0 atom stereocenters. The summed E-state index contributed by atoms with van der Waals surface area (Å²) in [5.41, 5.74) is 0.648. The summed E-state index contributed by atoms with van der Waals surface area (Å²) in [5.74, 6) is 5.04. The smallest absolute Gasteiger partial charge is 0.243 e. The van der Waals surface area contributed by atoms with Crippen LogP contribution in [0.1, 0.15) is 0 Å². The zero-order chi connectivity index (χ0) is 6.85. The van der Waals surface area contributed by atoms with Gasteiger partial charge in [-0.15, -0.1) is 5.10 Å². The van der Waals surface area contributed by atoms with E-state index in [1.807, 2.05) is 7.05 Å². The molecule has 0 unspecified atom stereocenters. The fourth-order valence-corrected chi connectivity index (χ4v) is 0.661. The van der Waals surface area contributed by atoms with Crippen LogP contribution in [-0.2, 0) is 14.1 Å². The maximum absolute atomic E-state index is 5.04. The SMILES string of the molecule is Cn1cnn(C)c1=NN. The third-order valence-electron chi connectivity index (χ3n) is 1.12. The molecule has 1 heterocycles. The van der Waals surface area contributed by atoms with E-state index in [0.717, 1.165) is 0 Å². The number of aromatic nitrogens is 3. The second-order valence-electron chi connectivity index (χ2n) is 1.79. The van der Waals surface area contributed by atoms with E-state index in [4.69, 9.17) is 5.84 Å². The average Bonchev–Trinajstić information content (AvgIpc) is 2.12. The van der Waals surface area contributed by atoms with Crippen LogP contribution in [0, 0.1) is 0 Å². The maximum atomic E-state index is 5.04. The minimum absolute atomic E-state index is 0.648. The van der Waals surface area contributed by atoms with Gasteiger partial charge in [0.25, 0.3) is 0 Å². The molecule has 0 bridgehead atoms. The lowest BCUT2D eigenvalue weighted by Gasteiger charge is -1.86. The Morgan fingerprint density at radius 2 is 2.33 bits per heavy atom. The van der Waals surface area contributed by atoms with Gasteiger partial charge in [0.2, 0.25) is 5.62 Å². The summed E-state index contributed by atoms with van der Waals surface area (Å²) in [5, 5.41) is 7.39. The van der Waals surface area contributed by atoms with Gasteiger partial charge in [0.1, 0.15) is 6.33 Å². The normalized spacial score (nSPS) is 12.4. The Bertz CT molecular complexity index is 232. The highest BCUT2D eigenvalue weighted by molar-refractivity contribution is 4.59. The highest BCUT2D eigenvalue weighted by Crippen LogP contribution is 1.65. The summed E-state index contributed by atoms with van der Waals surface area (Å²) in [6, 6.07) is 0. The molecule has 0 aliphatic rings. The number of rotatable bonds is 0. The molecule has 0 aliphatic heterocycles. The van der Waals surface area contributed by atoms with Gasteiger partial charge in [0.15, 0.2) is 0 Å². The summed E-state index contributed by atoms with van der Waals surface area (Å²) in [6.07, 6.45) is 1.64. The Morgan fingerprint density at radius 1 is 1.67 bits per heavy atom. The van der Waals surface area contributed by atoms with Gasteiger partial charge in [-0.1, -0.05) is 0 Å². The van der Waals surface area contributed by atoms with Gasteiger partial charge in [-0.25, -0.2) is 4.68 Å². The molecular weight excluding hydrogens is 118 g/mol. The third-order valence-corrected chi connectivity index (χ3v) is 1.12. The molecule has 50 valence electrons. The molecule has 0 fully saturated rings. The van der Waals surface area contributed by atoms with E-state index in [2.05, 4.69) is 10.2 Å². The number of hydrogen-bond donors (Lipinski definition) is 1. The number of hydrogen-bond acceptors (Lipinski definition) is 3. The van der Waals surface area contributed by atoms with Crippen LogP contribution in [0.5, 0.6) is 0 Å². The lowest BCUT2D eigenvalue weighted by Crippen LogP contribution is -2.24. The molecule has 0 amide bonds. The molecule has 9 heavy (non-hydrogen) atoms. The first-order valence-corrected chi connectivity index (χ1v) is 2.54. The van der Waals surface area contributed by atoms with Gasteiger partial charge < -0.3 is 10.4 Å². The Morgan fingerprint density at radius 3 is 2.56 bits per heavy atom. The van der Waals surface area contributed by atoms with Gasteiger partial charge in [-0.05, 0) is 0 Å². The van der Waals surface area contributed by atoms with Crippen LogP contribution < -0.4 is 11.5 Å². The fraction of sp³-hybridized carbons (Fsp3) is 0.500. The molecule has 1 rings (SSSR count). The van der Waals surface area contributed by atoms with Crippen molar-refractivity contribution < 1.29 is 0 Å². The number of aryl methyl sites for hydroxylation is 2. The first kappa shape index (κ1) is 5.87. The third kappa shape index (κ3) is 0.802. The quantitative estimate of drug-likeness (QED) is 0.342. The molecule has 0 aromatic carbocycles. The molecule has 1 aromatic rings. The van der Waals surface area contributed by atoms with Crippen LogP contribution in [-0.4, -0.2) is 14.3 Å². The number of nitrogens with two attached hydrogens (primary N) is 1. The van der Waals surface area contributed by atoms with E-state index < -0.39 is 0 Å². The predicted molar refractivity (Wildman–Crippen MR) is 31.9 cm³/mol. The highest BCUT2D eigenvalue weighted by Gasteiger charge is 1.89. The highest BCUT2D eigenvalue weighted by atomic mass is 15.4. The van der Waals surface area contributed by atoms with Crippen molar-refractivity contribution >= 4 is 0 Å². The van der Waals surface area contributed by atoms with Crippen LogP contribution in [0.2, 0.25) is 0 Å². The van der Waals surface area contributed by atoms with Crippen molar-refractivity contribution in [2.45, 2.75) is 0 Å². The molecule has 5 heteroatoms. The first-order valence-electron chi connectivity index (χ1n) is 2.54. The van der Waals surface area contributed by atoms with E-state index in [0.29, 0.717) is 5.62 Å². The van der Waals surface area contributed by atoms with Crippen LogP contribution in [0.15, 0.2) is 11.4 Å². The van der Waals surface area contributed by atoms with Crippen molar-refractivity contribution in [2.24, 2.45) is 25.0 Å². The van der Waals surface area contributed by atoms with Crippen LogP contribution >= 0.6 is 0 Å². The van der Waals surface area contributed by atoms with Crippen molar-refractivity contribution in [3.63, 3.8) is 0 Å². The van der Waals surface area contributed by atoms with Crippen LogP contribution in [0.25, 0.3) is 0 Å². The minimum atomic E-state index is 0.648. The summed E-state index contributed by atoms with van der Waals surface area (Å²) in [4.78, 5) is 0. The molecular formula is C4H9N5. The van der Waals surface area contributed by atoms with Gasteiger partial charge in [0, 0.05) is 14.1 Å². The lowest BCUT2D eigenvalue weighted by molar-refractivity contribution is 0.679. The van der Waals surface area contributed by atoms with Crippen molar-refractivity contribution in [3.05, 3.63) is 11.9 Å². The first-order chi connectivity index (χ1) is 4.25. The Hall–Kier alpha value is -1.26. The van der Waals surface area contributed by atoms with Gasteiger partial charge in [0.05, 0.1) is 0 Å². The second kappa shape index (κ2) is 1.93. The van der Waals surface area contributed by atoms with Crippen molar-refractivity contribution in [2.75, 3.05) is 0 Å². The van der Waals surface area contributed by atoms with E-state index in [9.17, 15) is 0 Å². The molecule has 0 saturated carbocycles. The average molecular weight is 127 g/mol. The standard InChI is InChI=1S/C4H9N5/c1-8-3-6-9(2)4(8)7-5/h3H,5H2,1-2H3. The molecule has 0 radical (unpaired) electrons. The molecule has 1 aromatic heterocycles. The Labute approximate surface area is 52.4 Å². The van der Waals surface area contributed by atoms with Gasteiger partial charge >= 0.3 is 0 Å². The predicted octanol–water partition coefficient (Wildman–Crippen LogP) is -1.47. The summed E-state index contributed by atoms with van der Waals surface area (Å²) >= 11 is 0. The van der Waals surface area contributed by atoms with Crippen molar-refractivity contribution in [3.8, 4) is 0 Å². The molecule has 5 nitrogen and oxygen atoms in total. The fourth-order valence-electron chi connectivity index (χ4n) is 0.661. The maximum Gasteiger partial charge on any atom is 0.243 e. The number of nitrogens with zero attached hydrogens (tertiary/aromatic N) is 4. The molecule has 0 spiro atoms. The summed E-state index contributed by atoms with van der Waals surface area (Å²) in [7, 11) is 3.62. The Kier molecular flexibility index (Phi) is 1.26. The summed E-state index contributed by atoms with van der Waals surface area (Å²) < 4.78 is 3.33. The van der Waals surface area contributed by atoms with Gasteiger partial charge in [-0.3, -0.25) is 0 Å². The van der Waals surface area contributed by atoms with Crippen LogP contribution in [0.3, 0.4) is 0 Å². The zero-order valence-corrected chi connectivity index (χ0v) is 5.44. The minimum Gasteiger partial charge on any atom is -0.320 e. The Balaban J connectivity index is 3.42. The topological polar surface area (TPSA) is 61.1 Å². The largest absolute Gasteiger partial charge is 0.320 e. The molecule has 2 N–H and O–H groups in total. The van der Waals surface area contributed by atoms with Gasteiger partial charge in [-0.2, -0.15) is 5.10 Å². The van der Waals surface area contributed by atoms with E-state index >= 15 is 0 Å².